The van der Waals surface area contributed by atoms with Crippen LogP contribution in [0.4, 0.5) is 0 Å². The largest absolute Gasteiger partial charge is 0.328 e. The summed E-state index contributed by atoms with van der Waals surface area (Å²) in [6, 6.07) is 0. The molecule has 12 heavy (non-hydrogen) atoms. The summed E-state index contributed by atoms with van der Waals surface area (Å²) < 4.78 is 0. The minimum absolute atomic E-state index is 0.0288. The summed E-state index contributed by atoms with van der Waals surface area (Å²) in [6.45, 7) is 0.231. The first-order chi connectivity index (χ1) is 5.50. The highest BCUT2D eigenvalue weighted by atomic mass is 17.3. The standard InChI is InChI=1S/C2H6N2O4.HNO3/c3-1-2-7-8-4(5)6;2-1(3)4/h1-3H2;(H,2,3,4). The maximum atomic E-state index is 9.29. The van der Waals surface area contributed by atoms with Gasteiger partial charge >= 0.3 is 5.09 Å². The van der Waals surface area contributed by atoms with E-state index in [2.05, 4.69) is 9.88 Å². The molecule has 0 aliphatic heterocycles. The molecular formula is C2H7N3O7. The van der Waals surface area contributed by atoms with Gasteiger partial charge in [0.05, 0.1) is 6.61 Å². The molecule has 72 valence electrons. The monoisotopic (exact) mass is 185 g/mol. The van der Waals surface area contributed by atoms with Gasteiger partial charge < -0.3 is 10.9 Å². The van der Waals surface area contributed by atoms with Crippen LogP contribution >= 0.6 is 0 Å². The van der Waals surface area contributed by atoms with Crippen molar-refractivity contribution in [2.45, 2.75) is 0 Å². The van der Waals surface area contributed by atoms with Crippen LogP contribution in [0, 0.1) is 20.2 Å². The summed E-state index contributed by atoms with van der Waals surface area (Å²) in [4.78, 5) is 25.0. The van der Waals surface area contributed by atoms with Crippen molar-refractivity contribution in [1.29, 1.82) is 0 Å². The van der Waals surface area contributed by atoms with Gasteiger partial charge in [0, 0.05) is 6.54 Å². The number of nitrogens with two attached hydrogens (primary N) is 1. The van der Waals surface area contributed by atoms with Crippen LogP contribution in [-0.4, -0.2) is 28.5 Å². The SMILES string of the molecule is NCCOO[N+](=O)[O-].O=[N+]([O-])O. The van der Waals surface area contributed by atoms with Crippen molar-refractivity contribution in [3.05, 3.63) is 20.2 Å². The highest BCUT2D eigenvalue weighted by molar-refractivity contribution is 4.20. The molecule has 0 aliphatic rings. The average Bonchev–Trinajstić information content (AvgIpc) is 1.86. The lowest BCUT2D eigenvalue weighted by Crippen LogP contribution is -2.11. The molecule has 0 fully saturated rings. The van der Waals surface area contributed by atoms with Crippen LogP contribution in [0.25, 0.3) is 0 Å². The van der Waals surface area contributed by atoms with Gasteiger partial charge in [-0.1, -0.05) is 0 Å². The summed E-state index contributed by atoms with van der Waals surface area (Å²) in [5.41, 5.74) is 4.89. The highest BCUT2D eigenvalue weighted by Gasteiger charge is 1.90. The van der Waals surface area contributed by atoms with E-state index >= 15 is 0 Å². The summed E-state index contributed by atoms with van der Waals surface area (Å²) >= 11 is 0. The first-order valence-electron chi connectivity index (χ1n) is 2.48. The molecule has 0 atom stereocenters. The van der Waals surface area contributed by atoms with E-state index in [0.717, 1.165) is 0 Å². The molecular weight excluding hydrogens is 178 g/mol. The zero-order chi connectivity index (χ0) is 9.98. The van der Waals surface area contributed by atoms with Crippen LogP contribution in [-0.2, 0) is 9.88 Å². The van der Waals surface area contributed by atoms with Gasteiger partial charge in [0.15, 0.2) is 0 Å². The smallest absolute Gasteiger partial charge is 0.322 e. The van der Waals surface area contributed by atoms with Gasteiger partial charge in [-0.25, -0.2) is 0 Å². The Morgan fingerprint density at radius 1 is 1.42 bits per heavy atom. The van der Waals surface area contributed by atoms with E-state index in [1.54, 1.807) is 0 Å². The Hall–Kier alpha value is -1.68. The normalized spacial score (nSPS) is 7.75. The van der Waals surface area contributed by atoms with Gasteiger partial charge in [0.2, 0.25) is 0 Å². The fraction of sp³-hybridized carbons (Fsp3) is 1.00. The van der Waals surface area contributed by atoms with Crippen molar-refractivity contribution < 1.29 is 25.3 Å². The summed E-state index contributed by atoms with van der Waals surface area (Å²) in [7, 11) is 0. The Morgan fingerprint density at radius 3 is 2.08 bits per heavy atom. The number of hydrogen-bond donors (Lipinski definition) is 2. The zero-order valence-corrected chi connectivity index (χ0v) is 5.78. The molecule has 0 spiro atoms. The van der Waals surface area contributed by atoms with Crippen LogP contribution in [0.2, 0.25) is 0 Å². The molecule has 0 unspecified atom stereocenters. The second-order valence-corrected chi connectivity index (χ2v) is 1.15. The van der Waals surface area contributed by atoms with Gasteiger partial charge in [0.1, 0.15) is 0 Å². The van der Waals surface area contributed by atoms with E-state index in [9.17, 15) is 10.1 Å². The third-order valence-electron chi connectivity index (χ3n) is 0.315. The predicted octanol–water partition coefficient (Wildman–Crippen LogP) is -1.26. The minimum atomic E-state index is -1.50. The van der Waals surface area contributed by atoms with Crippen molar-refractivity contribution in [3.63, 3.8) is 0 Å². The lowest BCUT2D eigenvalue weighted by molar-refractivity contribution is -0.850. The Bertz CT molecular complexity index is 133. The Labute approximate surface area is 65.6 Å². The van der Waals surface area contributed by atoms with Crippen LogP contribution in [0.1, 0.15) is 0 Å². The van der Waals surface area contributed by atoms with Gasteiger partial charge in [-0.05, 0) is 0 Å². The molecule has 10 heteroatoms. The Balaban J connectivity index is 0. The van der Waals surface area contributed by atoms with E-state index in [4.69, 9.17) is 21.1 Å². The molecule has 0 aliphatic carbocycles. The van der Waals surface area contributed by atoms with Gasteiger partial charge in [0.25, 0.3) is 5.09 Å². The maximum Gasteiger partial charge on any atom is 0.322 e. The predicted molar refractivity (Wildman–Crippen MR) is 31.9 cm³/mol. The fourth-order valence-corrected chi connectivity index (χ4v) is 0.128. The van der Waals surface area contributed by atoms with Gasteiger partial charge in [-0.2, -0.15) is 4.89 Å². The second-order valence-electron chi connectivity index (χ2n) is 1.15. The molecule has 0 saturated carbocycles. The molecule has 0 rings (SSSR count). The van der Waals surface area contributed by atoms with Crippen LogP contribution in [0.5, 0.6) is 0 Å². The lowest BCUT2D eigenvalue weighted by Gasteiger charge is -1.92. The van der Waals surface area contributed by atoms with E-state index in [-0.39, 0.29) is 13.2 Å². The Morgan fingerprint density at radius 2 is 1.83 bits per heavy atom. The van der Waals surface area contributed by atoms with E-state index in [1.807, 2.05) is 0 Å². The quantitative estimate of drug-likeness (QED) is 0.238. The van der Waals surface area contributed by atoms with Crippen LogP contribution in [0.3, 0.4) is 0 Å². The average molecular weight is 185 g/mol. The van der Waals surface area contributed by atoms with Crippen molar-refractivity contribution in [2.24, 2.45) is 5.73 Å². The van der Waals surface area contributed by atoms with Crippen molar-refractivity contribution >= 4 is 0 Å². The van der Waals surface area contributed by atoms with Crippen molar-refractivity contribution in [1.82, 2.24) is 0 Å². The number of hydrogen-bond acceptors (Lipinski definition) is 7. The summed E-state index contributed by atoms with van der Waals surface area (Å²) in [6.07, 6.45) is 0. The van der Waals surface area contributed by atoms with Crippen LogP contribution in [0.15, 0.2) is 0 Å². The summed E-state index contributed by atoms with van der Waals surface area (Å²) in [5, 5.41) is 21.9. The van der Waals surface area contributed by atoms with E-state index in [1.165, 1.54) is 0 Å². The van der Waals surface area contributed by atoms with Gasteiger partial charge in [-0.3, -0.25) is 0 Å². The third-order valence-corrected chi connectivity index (χ3v) is 0.315. The molecule has 0 radical (unpaired) electrons. The fourth-order valence-electron chi connectivity index (χ4n) is 0.128. The van der Waals surface area contributed by atoms with Crippen LogP contribution < -0.4 is 5.73 Å². The maximum absolute atomic E-state index is 9.29. The molecule has 0 aromatic rings. The van der Waals surface area contributed by atoms with E-state index in [0.29, 0.717) is 0 Å². The second kappa shape index (κ2) is 9.32. The topological polar surface area (TPSA) is 151 Å². The third kappa shape index (κ3) is 40.4. The molecule has 0 bridgehead atoms. The Kier molecular flexibility index (Phi) is 10.1. The zero-order valence-electron chi connectivity index (χ0n) is 5.78. The van der Waals surface area contributed by atoms with E-state index < -0.39 is 10.2 Å². The molecule has 0 aromatic heterocycles. The highest BCUT2D eigenvalue weighted by Crippen LogP contribution is 1.74. The first-order valence-corrected chi connectivity index (χ1v) is 2.48. The first kappa shape index (κ1) is 12.9. The molecule has 10 nitrogen and oxygen atoms in total. The van der Waals surface area contributed by atoms with Crippen molar-refractivity contribution in [2.75, 3.05) is 13.2 Å². The molecule has 3 N–H and O–H groups in total. The molecule has 0 amide bonds. The van der Waals surface area contributed by atoms with Gasteiger partial charge in [-0.15, -0.1) is 25.2 Å². The number of nitrogens with zero attached hydrogens (tertiary/aromatic N) is 2. The summed E-state index contributed by atoms with van der Waals surface area (Å²) in [5.74, 6) is 0. The number of rotatable bonds is 4. The van der Waals surface area contributed by atoms with Crippen molar-refractivity contribution in [3.8, 4) is 0 Å². The molecule has 0 heterocycles. The molecule has 0 aromatic carbocycles. The minimum Gasteiger partial charge on any atom is -0.328 e. The molecule has 0 saturated heterocycles. The lowest BCUT2D eigenvalue weighted by atomic mass is 10.8.